The Bertz CT molecular complexity index is 453. The number of aliphatic hydroxyl groups is 1. The second-order valence-electron chi connectivity index (χ2n) is 4.94. The molecule has 0 spiro atoms. The monoisotopic (exact) mass is 234 g/mol. The van der Waals surface area contributed by atoms with Crippen LogP contribution < -0.4 is 0 Å². The van der Waals surface area contributed by atoms with Gasteiger partial charge in [0.25, 0.3) is 0 Å². The molecular formula is C14H18O3. The Morgan fingerprint density at radius 2 is 1.94 bits per heavy atom. The average molecular weight is 234 g/mol. The van der Waals surface area contributed by atoms with Crippen LogP contribution in [0.1, 0.15) is 27.0 Å². The molecule has 0 bridgehead atoms. The van der Waals surface area contributed by atoms with E-state index in [0.29, 0.717) is 18.8 Å². The number of ketones is 1. The molecule has 1 heterocycles. The number of ether oxygens (including phenoxy) is 1. The second-order valence-corrected chi connectivity index (χ2v) is 4.94. The quantitative estimate of drug-likeness (QED) is 0.811. The third kappa shape index (κ3) is 1.79. The highest BCUT2D eigenvalue weighted by atomic mass is 16.5. The smallest absolute Gasteiger partial charge is 0.176 e. The van der Waals surface area contributed by atoms with Gasteiger partial charge in [-0.1, -0.05) is 12.1 Å². The highest BCUT2D eigenvalue weighted by Crippen LogP contribution is 2.33. The average Bonchev–Trinajstić information content (AvgIpc) is 2.25. The minimum atomic E-state index is -0.702. The van der Waals surface area contributed by atoms with Crippen molar-refractivity contribution in [2.75, 3.05) is 19.8 Å². The highest BCUT2D eigenvalue weighted by molar-refractivity contribution is 6.02. The Labute approximate surface area is 101 Å². The molecule has 92 valence electrons. The van der Waals surface area contributed by atoms with Crippen molar-refractivity contribution in [2.45, 2.75) is 20.8 Å². The zero-order valence-corrected chi connectivity index (χ0v) is 10.5. The number of carbonyl (C=O) groups excluding carboxylic acids is 1. The molecule has 2 rings (SSSR count). The first-order valence-corrected chi connectivity index (χ1v) is 5.82. The van der Waals surface area contributed by atoms with Crippen molar-refractivity contribution in [1.82, 2.24) is 0 Å². The molecule has 1 N–H and O–H groups in total. The van der Waals surface area contributed by atoms with Gasteiger partial charge in [0, 0.05) is 5.56 Å². The fraction of sp³-hybridized carbons (Fsp3) is 0.500. The molecule has 1 aliphatic rings. The summed E-state index contributed by atoms with van der Waals surface area (Å²) in [6, 6.07) is 3.82. The molecule has 0 atom stereocenters. The van der Waals surface area contributed by atoms with Gasteiger partial charge in [-0.3, -0.25) is 4.79 Å². The lowest BCUT2D eigenvalue weighted by atomic mass is 9.77. The minimum absolute atomic E-state index is 0.00634. The van der Waals surface area contributed by atoms with E-state index in [9.17, 15) is 9.90 Å². The molecule has 1 aromatic rings. The van der Waals surface area contributed by atoms with E-state index in [-0.39, 0.29) is 12.4 Å². The summed E-state index contributed by atoms with van der Waals surface area (Å²) in [5.74, 6) is 0.00634. The van der Waals surface area contributed by atoms with Gasteiger partial charge in [-0.15, -0.1) is 0 Å². The van der Waals surface area contributed by atoms with E-state index in [1.165, 1.54) is 5.56 Å². The Kier molecular flexibility index (Phi) is 3.06. The maximum absolute atomic E-state index is 12.4. The minimum Gasteiger partial charge on any atom is -0.395 e. The lowest BCUT2D eigenvalue weighted by molar-refractivity contribution is -0.109. The van der Waals surface area contributed by atoms with Gasteiger partial charge in [0.15, 0.2) is 5.78 Å². The molecule has 0 saturated carbocycles. The summed E-state index contributed by atoms with van der Waals surface area (Å²) < 4.78 is 5.08. The predicted octanol–water partition coefficient (Wildman–Crippen LogP) is 1.80. The van der Waals surface area contributed by atoms with Gasteiger partial charge in [-0.05, 0) is 37.5 Å². The molecule has 17 heavy (non-hydrogen) atoms. The number of hydrogen-bond acceptors (Lipinski definition) is 3. The molecule has 3 heteroatoms. The number of benzene rings is 1. The van der Waals surface area contributed by atoms with Crippen molar-refractivity contribution in [3.63, 3.8) is 0 Å². The van der Waals surface area contributed by atoms with Crippen LogP contribution in [0.3, 0.4) is 0 Å². The van der Waals surface area contributed by atoms with Gasteiger partial charge in [0.1, 0.15) is 5.41 Å². The molecule has 1 aliphatic heterocycles. The first-order valence-electron chi connectivity index (χ1n) is 5.82. The van der Waals surface area contributed by atoms with Crippen molar-refractivity contribution in [3.8, 4) is 0 Å². The molecule has 1 aromatic carbocycles. The van der Waals surface area contributed by atoms with Gasteiger partial charge < -0.3 is 9.84 Å². The van der Waals surface area contributed by atoms with Gasteiger partial charge in [-0.25, -0.2) is 0 Å². The standard InChI is InChI=1S/C14H18O3/c1-9-4-5-12(11(3)10(9)2)13(16)14(6-15)7-17-8-14/h4-5,15H,6-8H2,1-3H3. The van der Waals surface area contributed by atoms with Crippen molar-refractivity contribution in [2.24, 2.45) is 5.41 Å². The van der Waals surface area contributed by atoms with Crippen molar-refractivity contribution >= 4 is 5.78 Å². The normalized spacial score (nSPS) is 17.6. The van der Waals surface area contributed by atoms with E-state index >= 15 is 0 Å². The first-order chi connectivity index (χ1) is 8.02. The first kappa shape index (κ1) is 12.3. The maximum Gasteiger partial charge on any atom is 0.176 e. The summed E-state index contributed by atoms with van der Waals surface area (Å²) in [6.45, 7) is 6.52. The number of carbonyl (C=O) groups is 1. The Morgan fingerprint density at radius 1 is 1.29 bits per heavy atom. The summed E-state index contributed by atoms with van der Waals surface area (Å²) in [5.41, 5.74) is 3.35. The van der Waals surface area contributed by atoms with Crippen LogP contribution in [-0.2, 0) is 4.74 Å². The molecule has 1 saturated heterocycles. The topological polar surface area (TPSA) is 46.5 Å². The molecule has 0 aliphatic carbocycles. The van der Waals surface area contributed by atoms with Crippen LogP contribution in [0.5, 0.6) is 0 Å². The van der Waals surface area contributed by atoms with E-state index < -0.39 is 5.41 Å². The Morgan fingerprint density at radius 3 is 2.41 bits per heavy atom. The number of aliphatic hydroxyl groups excluding tert-OH is 1. The summed E-state index contributed by atoms with van der Waals surface area (Å²) in [7, 11) is 0. The third-order valence-corrected chi connectivity index (χ3v) is 3.84. The predicted molar refractivity (Wildman–Crippen MR) is 65.3 cm³/mol. The molecule has 0 aromatic heterocycles. The molecule has 0 amide bonds. The SMILES string of the molecule is Cc1ccc(C(=O)C2(CO)COC2)c(C)c1C. The Hall–Kier alpha value is -1.19. The van der Waals surface area contributed by atoms with Crippen molar-refractivity contribution in [3.05, 3.63) is 34.4 Å². The van der Waals surface area contributed by atoms with Crippen LogP contribution in [-0.4, -0.2) is 30.7 Å². The van der Waals surface area contributed by atoms with Gasteiger partial charge in [-0.2, -0.15) is 0 Å². The van der Waals surface area contributed by atoms with Crippen LogP contribution in [0, 0.1) is 26.2 Å². The third-order valence-electron chi connectivity index (χ3n) is 3.84. The lowest BCUT2D eigenvalue weighted by Crippen LogP contribution is -2.52. The summed E-state index contributed by atoms with van der Waals surface area (Å²) in [4.78, 5) is 12.4. The van der Waals surface area contributed by atoms with E-state index in [2.05, 4.69) is 0 Å². The van der Waals surface area contributed by atoms with Gasteiger partial charge >= 0.3 is 0 Å². The Balaban J connectivity index is 2.41. The van der Waals surface area contributed by atoms with E-state index in [0.717, 1.165) is 11.1 Å². The van der Waals surface area contributed by atoms with Crippen molar-refractivity contribution in [1.29, 1.82) is 0 Å². The van der Waals surface area contributed by atoms with E-state index in [1.807, 2.05) is 32.9 Å². The van der Waals surface area contributed by atoms with Crippen molar-refractivity contribution < 1.29 is 14.6 Å². The largest absolute Gasteiger partial charge is 0.395 e. The van der Waals surface area contributed by atoms with Crippen LogP contribution >= 0.6 is 0 Å². The second kappa shape index (κ2) is 4.24. The van der Waals surface area contributed by atoms with Crippen LogP contribution in [0.15, 0.2) is 12.1 Å². The molecule has 1 fully saturated rings. The zero-order valence-electron chi connectivity index (χ0n) is 10.5. The summed E-state index contributed by atoms with van der Waals surface area (Å²) >= 11 is 0. The molecule has 0 unspecified atom stereocenters. The van der Waals surface area contributed by atoms with Gasteiger partial charge in [0.05, 0.1) is 19.8 Å². The maximum atomic E-state index is 12.4. The summed E-state index contributed by atoms with van der Waals surface area (Å²) in [5, 5.41) is 9.38. The lowest BCUT2D eigenvalue weighted by Gasteiger charge is -2.38. The van der Waals surface area contributed by atoms with E-state index in [1.54, 1.807) is 0 Å². The molecule has 0 radical (unpaired) electrons. The van der Waals surface area contributed by atoms with Crippen LogP contribution in [0.2, 0.25) is 0 Å². The summed E-state index contributed by atoms with van der Waals surface area (Å²) in [6.07, 6.45) is 0. The van der Waals surface area contributed by atoms with Crippen LogP contribution in [0.25, 0.3) is 0 Å². The van der Waals surface area contributed by atoms with Crippen LogP contribution in [0.4, 0.5) is 0 Å². The number of Topliss-reactive ketones (excluding diaryl/α,β-unsaturated/α-hetero) is 1. The van der Waals surface area contributed by atoms with Gasteiger partial charge in [0.2, 0.25) is 0 Å². The number of aryl methyl sites for hydroxylation is 1. The molecular weight excluding hydrogens is 216 g/mol. The fourth-order valence-electron chi connectivity index (χ4n) is 2.13. The zero-order chi connectivity index (χ0) is 12.6. The van der Waals surface area contributed by atoms with E-state index in [4.69, 9.17) is 4.74 Å². The fourth-order valence-corrected chi connectivity index (χ4v) is 2.13. The molecule has 3 nitrogen and oxygen atoms in total. The number of rotatable bonds is 3. The number of hydrogen-bond donors (Lipinski definition) is 1. The highest BCUT2D eigenvalue weighted by Gasteiger charge is 2.46.